The van der Waals surface area contributed by atoms with Crippen LogP contribution in [0.2, 0.25) is 0 Å². The molecule has 0 bridgehead atoms. The number of hydrogen-bond acceptors (Lipinski definition) is 7. The first kappa shape index (κ1) is 32.5. The number of benzene rings is 4. The largest absolute Gasteiger partial charge is 0.457 e. The van der Waals surface area contributed by atoms with E-state index in [2.05, 4.69) is 15.1 Å². The van der Waals surface area contributed by atoms with E-state index in [4.69, 9.17) is 9.47 Å². The highest BCUT2D eigenvalue weighted by atomic mass is 19.1. The fourth-order valence-electron chi connectivity index (χ4n) is 5.24. The monoisotopic (exact) mass is 623 g/mol. The standard InChI is InChI=1S/C37H38FN3O5/c1-27(42)30-9-13-32(14-10-30)41-21-19-40(20-22-41)24-37(44)39-35(26-45-25-29-5-3-2-4-6-29)36(43)23-28-7-15-33(16-8-28)46-34-17-11-31(38)12-18-34/h2-18,35H,19-26H2,1H3,(H,39,44)/t35-/m0/s1. The van der Waals surface area contributed by atoms with E-state index in [0.29, 0.717) is 36.8 Å². The van der Waals surface area contributed by atoms with E-state index in [-0.39, 0.29) is 42.9 Å². The van der Waals surface area contributed by atoms with E-state index < -0.39 is 6.04 Å². The molecule has 1 heterocycles. The number of rotatable bonds is 14. The molecule has 1 fully saturated rings. The van der Waals surface area contributed by atoms with Crippen molar-refractivity contribution in [3.63, 3.8) is 0 Å². The molecule has 0 saturated carbocycles. The summed E-state index contributed by atoms with van der Waals surface area (Å²) >= 11 is 0. The summed E-state index contributed by atoms with van der Waals surface area (Å²) in [6, 6.07) is 29.3. The minimum atomic E-state index is -0.813. The lowest BCUT2D eigenvalue weighted by Gasteiger charge is -2.36. The minimum absolute atomic E-state index is 0.0376. The van der Waals surface area contributed by atoms with Gasteiger partial charge in [0.2, 0.25) is 5.91 Å². The highest BCUT2D eigenvalue weighted by Crippen LogP contribution is 2.22. The molecule has 1 atom stereocenters. The van der Waals surface area contributed by atoms with Gasteiger partial charge in [0.25, 0.3) is 0 Å². The van der Waals surface area contributed by atoms with Crippen LogP contribution in [0.15, 0.2) is 103 Å². The van der Waals surface area contributed by atoms with Gasteiger partial charge in [-0.1, -0.05) is 42.5 Å². The highest BCUT2D eigenvalue weighted by molar-refractivity contribution is 5.94. The lowest BCUT2D eigenvalue weighted by atomic mass is 10.0. The second kappa shape index (κ2) is 15.9. The number of ether oxygens (including phenoxy) is 2. The molecule has 4 aromatic carbocycles. The van der Waals surface area contributed by atoms with Crippen LogP contribution < -0.4 is 15.0 Å². The average Bonchev–Trinajstić information content (AvgIpc) is 3.07. The van der Waals surface area contributed by atoms with Crippen LogP contribution in [0.5, 0.6) is 11.5 Å². The topological polar surface area (TPSA) is 88.2 Å². The van der Waals surface area contributed by atoms with E-state index in [9.17, 15) is 18.8 Å². The lowest BCUT2D eigenvalue weighted by molar-refractivity contribution is -0.129. The van der Waals surface area contributed by atoms with Gasteiger partial charge in [-0.2, -0.15) is 0 Å². The van der Waals surface area contributed by atoms with Crippen molar-refractivity contribution in [2.24, 2.45) is 0 Å². The Bertz CT molecular complexity index is 1590. The van der Waals surface area contributed by atoms with Gasteiger partial charge in [-0.25, -0.2) is 4.39 Å². The Hall–Kier alpha value is -4.86. The van der Waals surface area contributed by atoms with Crippen molar-refractivity contribution >= 4 is 23.2 Å². The molecule has 1 amide bonds. The summed E-state index contributed by atoms with van der Waals surface area (Å²) in [4.78, 5) is 42.5. The van der Waals surface area contributed by atoms with E-state index >= 15 is 0 Å². The van der Waals surface area contributed by atoms with E-state index in [1.807, 2.05) is 54.6 Å². The predicted octanol–water partition coefficient (Wildman–Crippen LogP) is 5.46. The van der Waals surface area contributed by atoms with Crippen LogP contribution in [0.25, 0.3) is 0 Å². The number of hydrogen-bond donors (Lipinski definition) is 1. The zero-order valence-electron chi connectivity index (χ0n) is 25.9. The van der Waals surface area contributed by atoms with Crippen LogP contribution in [-0.4, -0.2) is 67.7 Å². The van der Waals surface area contributed by atoms with Gasteiger partial charge in [0.1, 0.15) is 23.4 Å². The molecule has 1 saturated heterocycles. The van der Waals surface area contributed by atoms with Crippen molar-refractivity contribution in [3.8, 4) is 11.5 Å². The molecule has 5 rings (SSSR count). The number of anilines is 1. The quantitative estimate of drug-likeness (QED) is 0.187. The van der Waals surface area contributed by atoms with Gasteiger partial charge < -0.3 is 19.7 Å². The normalized spacial score (nSPS) is 14.0. The molecule has 0 aromatic heterocycles. The van der Waals surface area contributed by atoms with E-state index in [0.717, 1.165) is 29.9 Å². The number of halogens is 1. The van der Waals surface area contributed by atoms with Crippen LogP contribution in [0.3, 0.4) is 0 Å². The van der Waals surface area contributed by atoms with Crippen LogP contribution in [0, 0.1) is 5.82 Å². The molecule has 1 aliphatic heterocycles. The maximum absolute atomic E-state index is 13.5. The Morgan fingerprint density at radius 3 is 2.04 bits per heavy atom. The number of carbonyl (C=O) groups excluding carboxylic acids is 3. The van der Waals surface area contributed by atoms with Gasteiger partial charge in [-0.3, -0.25) is 19.3 Å². The first-order valence-corrected chi connectivity index (χ1v) is 15.4. The van der Waals surface area contributed by atoms with Crippen LogP contribution in [-0.2, 0) is 27.4 Å². The maximum atomic E-state index is 13.5. The number of ketones is 2. The van der Waals surface area contributed by atoms with Crippen molar-refractivity contribution in [2.75, 3.05) is 44.2 Å². The molecule has 0 aliphatic carbocycles. The lowest BCUT2D eigenvalue weighted by Crippen LogP contribution is -2.52. The summed E-state index contributed by atoms with van der Waals surface area (Å²) in [6.07, 6.45) is 0.109. The maximum Gasteiger partial charge on any atom is 0.234 e. The fourth-order valence-corrected chi connectivity index (χ4v) is 5.24. The molecule has 0 radical (unpaired) electrons. The number of nitrogens with zero attached hydrogens (tertiary/aromatic N) is 2. The zero-order valence-corrected chi connectivity index (χ0v) is 25.9. The Morgan fingerprint density at radius 2 is 1.41 bits per heavy atom. The van der Waals surface area contributed by atoms with Crippen LogP contribution >= 0.6 is 0 Å². The van der Waals surface area contributed by atoms with E-state index in [1.54, 1.807) is 43.3 Å². The van der Waals surface area contributed by atoms with Crippen molar-refractivity contribution < 1.29 is 28.2 Å². The number of carbonyl (C=O) groups is 3. The third-order valence-corrected chi connectivity index (χ3v) is 7.85. The Labute approximate surface area is 268 Å². The van der Waals surface area contributed by atoms with Gasteiger partial charge in [0.05, 0.1) is 19.8 Å². The van der Waals surface area contributed by atoms with Crippen molar-refractivity contribution in [3.05, 3.63) is 126 Å². The molecule has 0 unspecified atom stereocenters. The molecular formula is C37H38FN3O5. The first-order chi connectivity index (χ1) is 22.3. The molecule has 238 valence electrons. The predicted molar refractivity (Wildman–Crippen MR) is 175 cm³/mol. The number of piperazine rings is 1. The van der Waals surface area contributed by atoms with Gasteiger partial charge in [-0.05, 0) is 78.7 Å². The molecule has 9 heteroatoms. The number of amides is 1. The average molecular weight is 624 g/mol. The highest BCUT2D eigenvalue weighted by Gasteiger charge is 2.24. The van der Waals surface area contributed by atoms with Crippen molar-refractivity contribution in [1.29, 1.82) is 0 Å². The second-order valence-electron chi connectivity index (χ2n) is 11.3. The summed E-state index contributed by atoms with van der Waals surface area (Å²) in [5.74, 6) is 0.375. The molecule has 46 heavy (non-hydrogen) atoms. The zero-order chi connectivity index (χ0) is 32.3. The number of nitrogens with one attached hydrogen (secondary N) is 1. The third kappa shape index (κ3) is 9.57. The smallest absolute Gasteiger partial charge is 0.234 e. The summed E-state index contributed by atoms with van der Waals surface area (Å²) < 4.78 is 24.8. The molecule has 4 aromatic rings. The van der Waals surface area contributed by atoms with E-state index in [1.165, 1.54) is 12.1 Å². The van der Waals surface area contributed by atoms with Gasteiger partial charge in [-0.15, -0.1) is 0 Å². The Balaban J connectivity index is 1.15. The summed E-state index contributed by atoms with van der Waals surface area (Å²) in [6.45, 7) is 4.98. The van der Waals surface area contributed by atoms with Crippen molar-refractivity contribution in [1.82, 2.24) is 10.2 Å². The molecule has 8 nitrogen and oxygen atoms in total. The molecule has 1 N–H and O–H groups in total. The number of Topliss-reactive ketones (excluding diaryl/α,β-unsaturated/α-hetero) is 2. The SMILES string of the molecule is CC(=O)c1ccc(N2CCN(CC(=O)N[C@@H](COCc3ccccc3)C(=O)Cc3ccc(Oc4ccc(F)cc4)cc3)CC2)cc1. The summed E-state index contributed by atoms with van der Waals surface area (Å²) in [5.41, 5.74) is 3.48. The second-order valence-corrected chi connectivity index (χ2v) is 11.3. The van der Waals surface area contributed by atoms with Crippen LogP contribution in [0.1, 0.15) is 28.4 Å². The first-order valence-electron chi connectivity index (χ1n) is 15.4. The molecule has 0 spiro atoms. The Kier molecular flexibility index (Phi) is 11.3. The summed E-state index contributed by atoms with van der Waals surface area (Å²) in [7, 11) is 0. The van der Waals surface area contributed by atoms with Gasteiger partial charge in [0.15, 0.2) is 11.6 Å². The minimum Gasteiger partial charge on any atom is -0.457 e. The van der Waals surface area contributed by atoms with Gasteiger partial charge in [0, 0.05) is 43.9 Å². The Morgan fingerprint density at radius 1 is 0.783 bits per heavy atom. The molecule has 1 aliphatic rings. The van der Waals surface area contributed by atoms with Crippen molar-refractivity contribution in [2.45, 2.75) is 26.0 Å². The third-order valence-electron chi connectivity index (χ3n) is 7.85. The molecular weight excluding hydrogens is 585 g/mol. The fraction of sp³-hybridized carbons (Fsp3) is 0.270. The summed E-state index contributed by atoms with van der Waals surface area (Å²) in [5, 5.41) is 2.92. The van der Waals surface area contributed by atoms with Crippen LogP contribution in [0.4, 0.5) is 10.1 Å². The van der Waals surface area contributed by atoms with Gasteiger partial charge >= 0.3 is 0 Å².